The first-order valence-corrected chi connectivity index (χ1v) is 8.29. The number of cyclic esters (lactones) is 1. The Bertz CT molecular complexity index is 810. The Morgan fingerprint density at radius 2 is 2.16 bits per heavy atom. The largest absolute Gasteiger partial charge is 0.442 e. The number of halogens is 1. The van der Waals surface area contributed by atoms with Crippen LogP contribution in [0.1, 0.15) is 24.5 Å². The smallest absolute Gasteiger partial charge is 0.415 e. The number of anilines is 2. The second-order valence-electron chi connectivity index (χ2n) is 6.53. The van der Waals surface area contributed by atoms with Crippen LogP contribution < -0.4 is 15.1 Å². The highest BCUT2D eigenvalue weighted by atomic mass is 19.1. The average molecular weight is 347 g/mol. The molecule has 3 amide bonds. The maximum absolute atomic E-state index is 14.5. The molecule has 0 aliphatic carbocycles. The van der Waals surface area contributed by atoms with Gasteiger partial charge in [-0.05, 0) is 17.5 Å². The molecule has 2 atom stereocenters. The van der Waals surface area contributed by atoms with Gasteiger partial charge in [0.05, 0.1) is 30.4 Å². The molecule has 1 aromatic rings. The second kappa shape index (κ2) is 5.44. The molecule has 0 radical (unpaired) electrons. The van der Waals surface area contributed by atoms with Gasteiger partial charge in [0.25, 0.3) is 0 Å². The summed E-state index contributed by atoms with van der Waals surface area (Å²) in [4.78, 5) is 38.5. The molecule has 3 aliphatic heterocycles. The molecule has 0 saturated carbocycles. The average Bonchev–Trinajstić information content (AvgIpc) is 3.19. The Hall–Kier alpha value is -2.64. The van der Waals surface area contributed by atoms with E-state index in [1.165, 1.54) is 15.9 Å². The Morgan fingerprint density at radius 1 is 1.40 bits per heavy atom. The van der Waals surface area contributed by atoms with Gasteiger partial charge in [0.2, 0.25) is 11.8 Å². The third-order valence-electron chi connectivity index (χ3n) is 5.19. The number of nitrogens with one attached hydrogen (secondary N) is 1. The monoisotopic (exact) mass is 347 g/mol. The molecule has 3 aliphatic rings. The molecule has 1 N–H and O–H groups in total. The fourth-order valence-electron chi connectivity index (χ4n) is 3.90. The van der Waals surface area contributed by atoms with Gasteiger partial charge in [-0.15, -0.1) is 0 Å². The Labute approximate surface area is 143 Å². The maximum Gasteiger partial charge on any atom is 0.415 e. The summed E-state index contributed by atoms with van der Waals surface area (Å²) < 4.78 is 19.9. The molecule has 8 heteroatoms. The normalized spacial score (nSPS) is 23.5. The molecule has 132 valence electrons. The van der Waals surface area contributed by atoms with Gasteiger partial charge in [-0.25, -0.2) is 9.18 Å². The number of amides is 3. The molecule has 0 bridgehead atoms. The van der Waals surface area contributed by atoms with Crippen LogP contribution in [0.5, 0.6) is 0 Å². The van der Waals surface area contributed by atoms with Crippen LogP contribution in [-0.4, -0.2) is 43.6 Å². The molecule has 7 nitrogen and oxygen atoms in total. The molecule has 1 aromatic carbocycles. The van der Waals surface area contributed by atoms with Gasteiger partial charge < -0.3 is 15.0 Å². The lowest BCUT2D eigenvalue weighted by Gasteiger charge is -2.17. The molecule has 1 unspecified atom stereocenters. The molecule has 1 fully saturated rings. The molecule has 3 heterocycles. The van der Waals surface area contributed by atoms with E-state index in [0.29, 0.717) is 29.8 Å². The van der Waals surface area contributed by atoms with Gasteiger partial charge in [0, 0.05) is 19.5 Å². The summed E-state index contributed by atoms with van der Waals surface area (Å²) in [6, 6.07) is 1.00. The van der Waals surface area contributed by atoms with E-state index in [1.54, 1.807) is 14.0 Å². The number of likely N-dealkylation sites (N-methyl/N-ethyl adjacent to an activating group) is 1. The zero-order valence-corrected chi connectivity index (χ0v) is 14.0. The molecule has 4 rings (SSSR count). The van der Waals surface area contributed by atoms with Crippen molar-refractivity contribution in [2.75, 3.05) is 23.4 Å². The number of rotatable bonds is 3. The minimum absolute atomic E-state index is 0.121. The Balaban J connectivity index is 1.68. The van der Waals surface area contributed by atoms with E-state index in [1.807, 2.05) is 0 Å². The lowest BCUT2D eigenvalue weighted by atomic mass is 9.98. The van der Waals surface area contributed by atoms with E-state index in [0.717, 1.165) is 5.56 Å². The summed E-state index contributed by atoms with van der Waals surface area (Å²) >= 11 is 0. The molecular formula is C17H18FN3O4. The van der Waals surface area contributed by atoms with Crippen LogP contribution in [0.15, 0.2) is 6.07 Å². The van der Waals surface area contributed by atoms with E-state index in [-0.39, 0.29) is 30.8 Å². The first-order valence-electron chi connectivity index (χ1n) is 8.29. The van der Waals surface area contributed by atoms with Crippen molar-refractivity contribution in [3.63, 3.8) is 0 Å². The fourth-order valence-corrected chi connectivity index (χ4v) is 3.90. The van der Waals surface area contributed by atoms with Crippen molar-refractivity contribution in [3.8, 4) is 0 Å². The standard InChI is InChI=1S/C17H18FN3O4/c1-3-14(22)19-7-13-12-4-8-9-5-15(23)20(2)16(9)10(18)6-11(8)21(12)17(24)25-13/h6,12-13H,3-5,7H2,1-2H3,(H,19,22)/t12-,13?/m0/s1. The van der Waals surface area contributed by atoms with Crippen molar-refractivity contribution < 1.29 is 23.5 Å². The number of carbonyl (C=O) groups is 3. The van der Waals surface area contributed by atoms with E-state index < -0.39 is 18.0 Å². The van der Waals surface area contributed by atoms with E-state index in [9.17, 15) is 18.8 Å². The van der Waals surface area contributed by atoms with Crippen molar-refractivity contribution in [1.29, 1.82) is 0 Å². The third kappa shape index (κ3) is 2.20. The highest BCUT2D eigenvalue weighted by Crippen LogP contribution is 2.46. The van der Waals surface area contributed by atoms with Crippen LogP contribution in [0.2, 0.25) is 0 Å². The van der Waals surface area contributed by atoms with Crippen molar-refractivity contribution >= 4 is 29.3 Å². The summed E-state index contributed by atoms with van der Waals surface area (Å²) in [7, 11) is 1.55. The Kier molecular flexibility index (Phi) is 3.45. The summed E-state index contributed by atoms with van der Waals surface area (Å²) in [5.74, 6) is -0.800. The number of hydrogen-bond donors (Lipinski definition) is 1. The zero-order valence-electron chi connectivity index (χ0n) is 14.0. The molecule has 1 saturated heterocycles. The van der Waals surface area contributed by atoms with E-state index >= 15 is 0 Å². The second-order valence-corrected chi connectivity index (χ2v) is 6.53. The summed E-state index contributed by atoms with van der Waals surface area (Å²) in [6.07, 6.45) is -0.0703. The molecular weight excluding hydrogens is 329 g/mol. The van der Waals surface area contributed by atoms with Gasteiger partial charge in [-0.3, -0.25) is 14.5 Å². The van der Waals surface area contributed by atoms with Crippen LogP contribution >= 0.6 is 0 Å². The quantitative estimate of drug-likeness (QED) is 0.889. The Morgan fingerprint density at radius 3 is 2.88 bits per heavy atom. The van der Waals surface area contributed by atoms with Crippen LogP contribution in [-0.2, 0) is 27.2 Å². The van der Waals surface area contributed by atoms with Gasteiger partial charge >= 0.3 is 6.09 Å². The number of benzene rings is 1. The first kappa shape index (κ1) is 15.9. The minimum atomic E-state index is -0.545. The van der Waals surface area contributed by atoms with Gasteiger partial charge in [-0.1, -0.05) is 6.92 Å². The first-order chi connectivity index (χ1) is 11.9. The molecule has 0 spiro atoms. The van der Waals surface area contributed by atoms with Crippen LogP contribution in [0.25, 0.3) is 0 Å². The zero-order chi connectivity index (χ0) is 17.9. The van der Waals surface area contributed by atoms with Crippen molar-refractivity contribution in [2.45, 2.75) is 38.3 Å². The summed E-state index contributed by atoms with van der Waals surface area (Å²) in [6.45, 7) is 1.96. The molecule has 0 aromatic heterocycles. The maximum atomic E-state index is 14.5. The van der Waals surface area contributed by atoms with Crippen LogP contribution in [0.4, 0.5) is 20.6 Å². The predicted octanol–water partition coefficient (Wildman–Crippen LogP) is 1.12. The van der Waals surface area contributed by atoms with Crippen LogP contribution in [0.3, 0.4) is 0 Å². The minimum Gasteiger partial charge on any atom is -0.442 e. The lowest BCUT2D eigenvalue weighted by molar-refractivity contribution is -0.121. The van der Waals surface area contributed by atoms with Gasteiger partial charge in [-0.2, -0.15) is 0 Å². The fraction of sp³-hybridized carbons (Fsp3) is 0.471. The number of ether oxygens (including phenoxy) is 1. The summed E-state index contributed by atoms with van der Waals surface area (Å²) in [5.41, 5.74) is 2.25. The van der Waals surface area contributed by atoms with Gasteiger partial charge in [0.1, 0.15) is 11.9 Å². The van der Waals surface area contributed by atoms with Crippen molar-refractivity contribution in [3.05, 3.63) is 23.0 Å². The van der Waals surface area contributed by atoms with Crippen molar-refractivity contribution in [2.24, 2.45) is 0 Å². The summed E-state index contributed by atoms with van der Waals surface area (Å²) in [5, 5.41) is 2.73. The molecule has 25 heavy (non-hydrogen) atoms. The SMILES string of the molecule is CCC(=O)NCC1OC(=O)N2c3cc(F)c4c(c3C[C@@H]12)CC(=O)N4C. The number of nitrogens with zero attached hydrogens (tertiary/aromatic N) is 2. The van der Waals surface area contributed by atoms with Gasteiger partial charge in [0.15, 0.2) is 0 Å². The number of fused-ring (bicyclic) bond motifs is 5. The highest BCUT2D eigenvalue weighted by Gasteiger charge is 2.49. The third-order valence-corrected chi connectivity index (χ3v) is 5.19. The van der Waals surface area contributed by atoms with Crippen molar-refractivity contribution in [1.82, 2.24) is 5.32 Å². The van der Waals surface area contributed by atoms with E-state index in [4.69, 9.17) is 4.74 Å². The highest BCUT2D eigenvalue weighted by molar-refractivity contribution is 6.04. The van der Waals surface area contributed by atoms with Crippen LogP contribution in [0, 0.1) is 5.82 Å². The number of carbonyl (C=O) groups excluding carboxylic acids is 3. The topological polar surface area (TPSA) is 79.0 Å². The number of hydrogen-bond acceptors (Lipinski definition) is 4. The van der Waals surface area contributed by atoms with E-state index in [2.05, 4.69) is 5.32 Å². The predicted molar refractivity (Wildman–Crippen MR) is 87.1 cm³/mol. The lowest BCUT2D eigenvalue weighted by Crippen LogP contribution is -2.40.